The van der Waals surface area contributed by atoms with Crippen LogP contribution in [0.4, 0.5) is 5.82 Å². The van der Waals surface area contributed by atoms with Gasteiger partial charge in [-0.1, -0.05) is 6.07 Å². The molecule has 1 aromatic rings. The van der Waals surface area contributed by atoms with Gasteiger partial charge >= 0.3 is 11.8 Å². The molecule has 1 heterocycles. The molecule has 1 rings (SSSR count). The van der Waals surface area contributed by atoms with Crippen LogP contribution in [0.3, 0.4) is 0 Å². The number of hydrogen-bond donors (Lipinski definition) is 2. The molecule has 0 aliphatic rings. The first kappa shape index (κ1) is 9.90. The lowest BCUT2D eigenvalue weighted by molar-refractivity contribution is -0.134. The standard InChI is InChI=1S/C7H6IN3O2/c8-11-7(13)6(12)10-5-3-1-2-4-9-5/h1-4H,(H,11,13)(H,9,10,12). The van der Waals surface area contributed by atoms with Gasteiger partial charge in [0, 0.05) is 6.20 Å². The maximum atomic E-state index is 11.0. The Morgan fingerprint density at radius 1 is 1.31 bits per heavy atom. The van der Waals surface area contributed by atoms with Crippen molar-refractivity contribution in [1.29, 1.82) is 0 Å². The van der Waals surface area contributed by atoms with Crippen LogP contribution in [-0.2, 0) is 9.59 Å². The number of nitrogens with zero attached hydrogens (tertiary/aromatic N) is 1. The quantitative estimate of drug-likeness (QED) is 0.449. The van der Waals surface area contributed by atoms with Gasteiger partial charge < -0.3 is 5.32 Å². The summed E-state index contributed by atoms with van der Waals surface area (Å²) in [6.07, 6.45) is 1.53. The fourth-order valence-corrected chi connectivity index (χ4v) is 0.898. The lowest BCUT2D eigenvalue weighted by atomic mass is 10.4. The van der Waals surface area contributed by atoms with E-state index in [2.05, 4.69) is 13.8 Å². The minimum Gasteiger partial charge on any atom is -0.302 e. The molecule has 0 aromatic carbocycles. The van der Waals surface area contributed by atoms with Crippen LogP contribution in [-0.4, -0.2) is 16.8 Å². The van der Waals surface area contributed by atoms with E-state index < -0.39 is 11.8 Å². The van der Waals surface area contributed by atoms with Gasteiger partial charge in [-0.25, -0.2) is 4.98 Å². The molecule has 5 nitrogen and oxygen atoms in total. The van der Waals surface area contributed by atoms with E-state index >= 15 is 0 Å². The van der Waals surface area contributed by atoms with Crippen LogP contribution in [0.2, 0.25) is 0 Å². The minimum atomic E-state index is -0.729. The van der Waals surface area contributed by atoms with Gasteiger partial charge in [0.05, 0.1) is 22.9 Å². The predicted molar refractivity (Wildman–Crippen MR) is 55.0 cm³/mol. The predicted octanol–water partition coefficient (Wildman–Crippen LogP) is 0.486. The summed E-state index contributed by atoms with van der Waals surface area (Å²) >= 11 is 1.59. The number of carbonyl (C=O) groups excluding carboxylic acids is 2. The van der Waals surface area contributed by atoms with Crippen molar-refractivity contribution < 1.29 is 9.59 Å². The number of carbonyl (C=O) groups is 2. The molecule has 0 spiro atoms. The molecular weight excluding hydrogens is 285 g/mol. The Hall–Kier alpha value is -1.18. The second kappa shape index (κ2) is 4.75. The van der Waals surface area contributed by atoms with Crippen LogP contribution in [0.5, 0.6) is 0 Å². The van der Waals surface area contributed by atoms with Crippen molar-refractivity contribution in [1.82, 2.24) is 8.51 Å². The van der Waals surface area contributed by atoms with Crippen LogP contribution in [0.25, 0.3) is 0 Å². The van der Waals surface area contributed by atoms with Crippen LogP contribution in [0.1, 0.15) is 0 Å². The van der Waals surface area contributed by atoms with Crippen molar-refractivity contribution >= 4 is 40.5 Å². The van der Waals surface area contributed by atoms with Gasteiger partial charge in [0.25, 0.3) is 0 Å². The Labute approximate surface area is 88.4 Å². The van der Waals surface area contributed by atoms with Crippen molar-refractivity contribution in [3.63, 3.8) is 0 Å². The van der Waals surface area contributed by atoms with E-state index in [0.29, 0.717) is 5.82 Å². The number of nitrogens with one attached hydrogen (secondary N) is 2. The molecule has 0 saturated heterocycles. The molecule has 1 aromatic heterocycles. The van der Waals surface area contributed by atoms with Gasteiger partial charge in [0.2, 0.25) is 0 Å². The molecule has 0 atom stereocenters. The number of halogens is 1. The van der Waals surface area contributed by atoms with Gasteiger partial charge in [-0.3, -0.25) is 13.1 Å². The van der Waals surface area contributed by atoms with Gasteiger partial charge in [-0.2, -0.15) is 0 Å². The summed E-state index contributed by atoms with van der Waals surface area (Å²) in [7, 11) is 0. The molecule has 0 aliphatic heterocycles. The molecular formula is C7H6IN3O2. The van der Waals surface area contributed by atoms with Crippen LogP contribution in [0, 0.1) is 0 Å². The van der Waals surface area contributed by atoms with Gasteiger partial charge in [0.1, 0.15) is 5.82 Å². The fraction of sp³-hybridized carbons (Fsp3) is 0. The highest BCUT2D eigenvalue weighted by Crippen LogP contribution is 1.98. The smallest absolute Gasteiger partial charge is 0.302 e. The van der Waals surface area contributed by atoms with E-state index in [-0.39, 0.29) is 0 Å². The van der Waals surface area contributed by atoms with Crippen molar-refractivity contribution in [2.75, 3.05) is 5.32 Å². The number of rotatable bonds is 1. The lowest BCUT2D eigenvalue weighted by Gasteiger charge is -2.00. The number of hydrogen-bond acceptors (Lipinski definition) is 3. The lowest BCUT2D eigenvalue weighted by Crippen LogP contribution is -2.29. The summed E-state index contributed by atoms with van der Waals surface area (Å²) < 4.78 is 2.18. The first-order chi connectivity index (χ1) is 6.24. The van der Waals surface area contributed by atoms with Gasteiger partial charge in [-0.05, 0) is 12.1 Å². The van der Waals surface area contributed by atoms with Crippen molar-refractivity contribution in [2.45, 2.75) is 0 Å². The third kappa shape index (κ3) is 2.98. The number of aromatic nitrogens is 1. The fourth-order valence-electron chi connectivity index (χ4n) is 0.653. The number of amides is 2. The SMILES string of the molecule is O=C(NI)C(=O)Nc1ccccn1. The monoisotopic (exact) mass is 291 g/mol. The summed E-state index contributed by atoms with van der Waals surface area (Å²) in [6.45, 7) is 0. The summed E-state index contributed by atoms with van der Waals surface area (Å²) in [6, 6.07) is 5.02. The molecule has 0 saturated carbocycles. The summed E-state index contributed by atoms with van der Waals surface area (Å²) in [4.78, 5) is 25.6. The largest absolute Gasteiger partial charge is 0.318 e. The zero-order chi connectivity index (χ0) is 9.68. The average molecular weight is 291 g/mol. The van der Waals surface area contributed by atoms with E-state index in [4.69, 9.17) is 0 Å². The Balaban J connectivity index is 2.60. The van der Waals surface area contributed by atoms with Gasteiger partial charge in [-0.15, -0.1) is 0 Å². The first-order valence-electron chi connectivity index (χ1n) is 3.37. The molecule has 2 N–H and O–H groups in total. The van der Waals surface area contributed by atoms with E-state index in [1.54, 1.807) is 41.1 Å². The van der Waals surface area contributed by atoms with Crippen molar-refractivity contribution in [3.05, 3.63) is 24.4 Å². The molecule has 0 fully saturated rings. The maximum absolute atomic E-state index is 11.0. The molecule has 13 heavy (non-hydrogen) atoms. The molecule has 2 amide bonds. The Morgan fingerprint density at radius 3 is 2.62 bits per heavy atom. The summed E-state index contributed by atoms with van der Waals surface area (Å²) in [5.74, 6) is -1.08. The highest BCUT2D eigenvalue weighted by Gasteiger charge is 2.11. The Bertz CT molecular complexity index is 315. The average Bonchev–Trinajstić information content (AvgIpc) is 2.18. The van der Waals surface area contributed by atoms with E-state index in [1.807, 2.05) is 0 Å². The molecule has 0 bridgehead atoms. The third-order valence-electron chi connectivity index (χ3n) is 1.20. The topological polar surface area (TPSA) is 71.1 Å². The molecule has 6 heteroatoms. The zero-order valence-corrected chi connectivity index (χ0v) is 8.61. The molecule has 0 unspecified atom stereocenters. The van der Waals surface area contributed by atoms with Crippen LogP contribution >= 0.6 is 22.9 Å². The van der Waals surface area contributed by atoms with Crippen molar-refractivity contribution in [2.24, 2.45) is 0 Å². The van der Waals surface area contributed by atoms with Crippen LogP contribution in [0.15, 0.2) is 24.4 Å². The van der Waals surface area contributed by atoms with Gasteiger partial charge in [0.15, 0.2) is 0 Å². The number of pyridine rings is 1. The molecule has 68 valence electrons. The summed E-state index contributed by atoms with van der Waals surface area (Å²) in [5.41, 5.74) is 0. The second-order valence-corrected chi connectivity index (χ2v) is 2.63. The Morgan fingerprint density at radius 2 is 2.08 bits per heavy atom. The van der Waals surface area contributed by atoms with Crippen molar-refractivity contribution in [3.8, 4) is 0 Å². The highest BCUT2D eigenvalue weighted by atomic mass is 127. The van der Waals surface area contributed by atoms with E-state index in [1.165, 1.54) is 6.20 Å². The maximum Gasteiger partial charge on any atom is 0.318 e. The molecule has 0 radical (unpaired) electrons. The minimum absolute atomic E-state index is 0.354. The number of anilines is 1. The zero-order valence-electron chi connectivity index (χ0n) is 6.45. The Kier molecular flexibility index (Phi) is 3.62. The normalized spacial score (nSPS) is 9.00. The van der Waals surface area contributed by atoms with E-state index in [9.17, 15) is 9.59 Å². The third-order valence-corrected chi connectivity index (χ3v) is 1.69. The van der Waals surface area contributed by atoms with Crippen LogP contribution < -0.4 is 8.85 Å². The highest BCUT2D eigenvalue weighted by molar-refractivity contribution is 14.1. The molecule has 0 aliphatic carbocycles. The van der Waals surface area contributed by atoms with E-state index in [0.717, 1.165) is 0 Å². The first-order valence-corrected chi connectivity index (χ1v) is 4.45. The summed E-state index contributed by atoms with van der Waals surface area (Å²) in [5, 5.41) is 2.33. The second-order valence-electron chi connectivity index (χ2n) is 2.09.